The predicted octanol–water partition coefficient (Wildman–Crippen LogP) is 3.00. The van der Waals surface area contributed by atoms with Gasteiger partial charge in [-0.2, -0.15) is 0 Å². The second-order valence-corrected chi connectivity index (χ2v) is 5.39. The van der Waals surface area contributed by atoms with E-state index < -0.39 is 0 Å². The number of Topliss-reactive ketones (excluding diaryl/α,β-unsaturated/α-hetero) is 2. The lowest BCUT2D eigenvalue weighted by Gasteiger charge is -2.23. The Hall–Kier alpha value is -0.960. The number of ketones is 2. The fourth-order valence-electron chi connectivity index (χ4n) is 1.70. The Morgan fingerprint density at radius 2 is 2.13 bits per heavy atom. The molecule has 2 rings (SSSR count). The van der Waals surface area contributed by atoms with Crippen molar-refractivity contribution in [2.24, 2.45) is 5.92 Å². The van der Waals surface area contributed by atoms with Crippen LogP contribution in [-0.4, -0.2) is 11.6 Å². The molecule has 1 heterocycles. The quantitative estimate of drug-likeness (QED) is 0.579. The van der Waals surface area contributed by atoms with E-state index in [1.807, 2.05) is 19.1 Å². The highest BCUT2D eigenvalue weighted by Crippen LogP contribution is 2.29. The van der Waals surface area contributed by atoms with Crippen molar-refractivity contribution in [3.05, 3.63) is 21.9 Å². The molecule has 1 aliphatic carbocycles. The number of carbonyl (C=O) groups excluding carboxylic acids is 2. The summed E-state index contributed by atoms with van der Waals surface area (Å²) in [7, 11) is 0. The van der Waals surface area contributed by atoms with Crippen molar-refractivity contribution < 1.29 is 9.59 Å². The van der Waals surface area contributed by atoms with E-state index in [1.54, 1.807) is 0 Å². The monoisotopic (exact) mass is 222 g/mol. The van der Waals surface area contributed by atoms with Crippen LogP contribution in [0.4, 0.5) is 0 Å². The van der Waals surface area contributed by atoms with Crippen LogP contribution in [0, 0.1) is 12.8 Å². The summed E-state index contributed by atoms with van der Waals surface area (Å²) in [6.45, 7) is 1.97. The van der Waals surface area contributed by atoms with Crippen LogP contribution in [0.1, 0.15) is 40.2 Å². The van der Waals surface area contributed by atoms with Crippen molar-refractivity contribution in [3.8, 4) is 0 Å². The summed E-state index contributed by atoms with van der Waals surface area (Å²) in [5.74, 6) is 0.303. The zero-order valence-electron chi connectivity index (χ0n) is 8.79. The third-order valence-electron chi connectivity index (χ3n) is 2.91. The molecular weight excluding hydrogens is 208 g/mol. The maximum Gasteiger partial charge on any atom is 0.180 e. The van der Waals surface area contributed by atoms with Crippen LogP contribution in [0.5, 0.6) is 0 Å². The Morgan fingerprint density at radius 1 is 1.40 bits per heavy atom. The maximum absolute atomic E-state index is 11.7. The van der Waals surface area contributed by atoms with E-state index >= 15 is 0 Å². The van der Waals surface area contributed by atoms with Gasteiger partial charge in [0.2, 0.25) is 0 Å². The number of rotatable bonds is 4. The van der Waals surface area contributed by atoms with Crippen LogP contribution in [0.3, 0.4) is 0 Å². The van der Waals surface area contributed by atoms with E-state index in [0.717, 1.165) is 29.0 Å². The lowest BCUT2D eigenvalue weighted by molar-refractivity contribution is -0.124. The van der Waals surface area contributed by atoms with Crippen molar-refractivity contribution in [2.75, 3.05) is 0 Å². The Bertz CT molecular complexity index is 388. The number of hydrogen-bond acceptors (Lipinski definition) is 3. The van der Waals surface area contributed by atoms with Gasteiger partial charge >= 0.3 is 0 Å². The number of hydrogen-bond donors (Lipinski definition) is 0. The average Bonchev–Trinajstić information content (AvgIpc) is 2.48. The van der Waals surface area contributed by atoms with Gasteiger partial charge in [0.1, 0.15) is 5.78 Å². The molecule has 0 aliphatic heterocycles. The third-order valence-corrected chi connectivity index (χ3v) is 3.95. The molecular formula is C12H14O2S. The zero-order valence-corrected chi connectivity index (χ0v) is 9.60. The molecule has 1 aromatic heterocycles. The Labute approximate surface area is 93.3 Å². The van der Waals surface area contributed by atoms with E-state index in [-0.39, 0.29) is 23.9 Å². The molecule has 80 valence electrons. The summed E-state index contributed by atoms with van der Waals surface area (Å²) in [6, 6.07) is 3.74. The molecule has 1 aliphatic rings. The van der Waals surface area contributed by atoms with Crippen LogP contribution in [-0.2, 0) is 4.79 Å². The molecule has 0 aromatic carbocycles. The van der Waals surface area contributed by atoms with Crippen LogP contribution < -0.4 is 0 Å². The van der Waals surface area contributed by atoms with Gasteiger partial charge < -0.3 is 0 Å². The molecule has 0 saturated heterocycles. The first-order valence-corrected chi connectivity index (χ1v) is 6.11. The minimum Gasteiger partial charge on any atom is -0.299 e. The van der Waals surface area contributed by atoms with E-state index in [9.17, 15) is 9.59 Å². The molecule has 1 fully saturated rings. The zero-order chi connectivity index (χ0) is 10.8. The van der Waals surface area contributed by atoms with Crippen molar-refractivity contribution >= 4 is 22.9 Å². The molecule has 0 unspecified atom stereocenters. The topological polar surface area (TPSA) is 34.1 Å². The standard InChI is InChI=1S/C12H14O2S/c1-8-5-6-12(15-8)11(14)7-10(13)9-3-2-4-9/h5-6,9H,2-4,7H2,1H3. The molecule has 3 heteroatoms. The van der Waals surface area contributed by atoms with Gasteiger partial charge in [-0.15, -0.1) is 11.3 Å². The van der Waals surface area contributed by atoms with Crippen LogP contribution in [0.25, 0.3) is 0 Å². The summed E-state index contributed by atoms with van der Waals surface area (Å²) in [4.78, 5) is 25.1. The van der Waals surface area contributed by atoms with Gasteiger partial charge in [0.05, 0.1) is 11.3 Å². The summed E-state index contributed by atoms with van der Waals surface area (Å²) in [5.41, 5.74) is 0. The molecule has 15 heavy (non-hydrogen) atoms. The molecule has 0 radical (unpaired) electrons. The fourth-order valence-corrected chi connectivity index (χ4v) is 2.51. The van der Waals surface area contributed by atoms with E-state index in [4.69, 9.17) is 0 Å². The highest BCUT2D eigenvalue weighted by atomic mass is 32.1. The molecule has 0 spiro atoms. The van der Waals surface area contributed by atoms with Crippen molar-refractivity contribution in [1.29, 1.82) is 0 Å². The minimum absolute atomic E-state index is 0.00926. The highest BCUT2D eigenvalue weighted by molar-refractivity contribution is 7.14. The molecule has 2 nitrogen and oxygen atoms in total. The minimum atomic E-state index is -0.00926. The molecule has 1 saturated carbocycles. The average molecular weight is 222 g/mol. The lowest BCUT2D eigenvalue weighted by atomic mass is 9.80. The van der Waals surface area contributed by atoms with Crippen molar-refractivity contribution in [2.45, 2.75) is 32.6 Å². The number of carbonyl (C=O) groups is 2. The Morgan fingerprint density at radius 3 is 2.60 bits per heavy atom. The Balaban J connectivity index is 1.94. The SMILES string of the molecule is Cc1ccc(C(=O)CC(=O)C2CCC2)s1. The van der Waals surface area contributed by atoms with Gasteiger partial charge in [-0.1, -0.05) is 6.42 Å². The lowest BCUT2D eigenvalue weighted by Crippen LogP contribution is -2.23. The van der Waals surface area contributed by atoms with Crippen LogP contribution in [0.2, 0.25) is 0 Å². The first-order chi connectivity index (χ1) is 7.16. The van der Waals surface area contributed by atoms with Gasteiger partial charge in [0.25, 0.3) is 0 Å². The fraction of sp³-hybridized carbons (Fsp3) is 0.500. The first-order valence-electron chi connectivity index (χ1n) is 5.29. The van der Waals surface area contributed by atoms with Crippen molar-refractivity contribution in [1.82, 2.24) is 0 Å². The summed E-state index contributed by atoms with van der Waals surface area (Å²) in [5, 5.41) is 0. The second-order valence-electron chi connectivity index (χ2n) is 4.10. The molecule has 1 aromatic rings. The third kappa shape index (κ3) is 2.34. The van der Waals surface area contributed by atoms with Gasteiger partial charge in [0, 0.05) is 10.8 Å². The molecule has 0 N–H and O–H groups in total. The number of thiophene rings is 1. The van der Waals surface area contributed by atoms with Crippen LogP contribution in [0.15, 0.2) is 12.1 Å². The summed E-state index contributed by atoms with van der Waals surface area (Å²) < 4.78 is 0. The largest absolute Gasteiger partial charge is 0.299 e. The van der Waals surface area contributed by atoms with Gasteiger partial charge in [-0.3, -0.25) is 9.59 Å². The normalized spacial score (nSPS) is 16.1. The molecule has 0 bridgehead atoms. The van der Waals surface area contributed by atoms with Crippen molar-refractivity contribution in [3.63, 3.8) is 0 Å². The van der Waals surface area contributed by atoms with Gasteiger partial charge in [0.15, 0.2) is 5.78 Å². The summed E-state index contributed by atoms with van der Waals surface area (Å²) in [6.07, 6.45) is 3.21. The Kier molecular flexibility index (Phi) is 3.00. The summed E-state index contributed by atoms with van der Waals surface area (Å²) >= 11 is 1.47. The second kappa shape index (κ2) is 4.27. The van der Waals surface area contributed by atoms with E-state index in [0.29, 0.717) is 0 Å². The first kappa shape index (κ1) is 10.6. The highest BCUT2D eigenvalue weighted by Gasteiger charge is 2.27. The molecule has 0 amide bonds. The van der Waals surface area contributed by atoms with E-state index in [2.05, 4.69) is 0 Å². The predicted molar refractivity (Wildman–Crippen MR) is 60.4 cm³/mol. The van der Waals surface area contributed by atoms with E-state index in [1.165, 1.54) is 11.3 Å². The number of aryl methyl sites for hydroxylation is 1. The van der Waals surface area contributed by atoms with Gasteiger partial charge in [-0.25, -0.2) is 0 Å². The molecule has 0 atom stereocenters. The van der Waals surface area contributed by atoms with Crippen LogP contribution >= 0.6 is 11.3 Å². The van der Waals surface area contributed by atoms with Gasteiger partial charge in [-0.05, 0) is 31.9 Å². The maximum atomic E-state index is 11.7. The smallest absolute Gasteiger partial charge is 0.180 e.